The number of aliphatic hydroxyl groups is 1. The second-order valence-electron chi connectivity index (χ2n) is 4.32. The number of carbonyl (C=O) groups is 1. The molecule has 1 aliphatic heterocycles. The summed E-state index contributed by atoms with van der Waals surface area (Å²) in [6.07, 6.45) is 2.42. The molecule has 2 heterocycles. The topological polar surface area (TPSA) is 62.7 Å². The lowest BCUT2D eigenvalue weighted by molar-refractivity contribution is -0.164. The predicted molar refractivity (Wildman–Crippen MR) is 70.3 cm³/mol. The van der Waals surface area contributed by atoms with Crippen LogP contribution < -0.4 is 4.90 Å². The number of piperidine rings is 1. The molecular formula is C12H15BrN2O3. The number of hydrogen-bond acceptors (Lipinski definition) is 5. The molecule has 0 saturated carbocycles. The lowest BCUT2D eigenvalue weighted by Crippen LogP contribution is -2.50. The first-order chi connectivity index (χ1) is 8.57. The van der Waals surface area contributed by atoms with Crippen LogP contribution in [-0.4, -0.2) is 41.9 Å². The summed E-state index contributed by atoms with van der Waals surface area (Å²) < 4.78 is 5.54. The van der Waals surface area contributed by atoms with E-state index in [1.807, 2.05) is 17.0 Å². The summed E-state index contributed by atoms with van der Waals surface area (Å²) in [5.74, 6) is 0.284. The van der Waals surface area contributed by atoms with Crippen LogP contribution in [0.3, 0.4) is 0 Å². The molecule has 0 bridgehead atoms. The van der Waals surface area contributed by atoms with Crippen molar-refractivity contribution < 1.29 is 14.6 Å². The Balaban J connectivity index is 2.07. The molecule has 0 radical (unpaired) electrons. The van der Waals surface area contributed by atoms with Crippen molar-refractivity contribution in [3.63, 3.8) is 0 Å². The number of halogens is 1. The van der Waals surface area contributed by atoms with E-state index in [1.165, 1.54) is 7.11 Å². The molecule has 0 spiro atoms. The smallest absolute Gasteiger partial charge is 0.337 e. The molecule has 0 aromatic carbocycles. The SMILES string of the molecule is COC(=O)C1(O)CCN(c2ncccc2Br)CC1. The predicted octanol–water partition coefficient (Wildman–Crippen LogP) is 1.35. The van der Waals surface area contributed by atoms with Crippen molar-refractivity contribution in [3.05, 3.63) is 22.8 Å². The Morgan fingerprint density at radius 3 is 2.78 bits per heavy atom. The summed E-state index contributed by atoms with van der Waals surface area (Å²) in [7, 11) is 1.29. The average Bonchev–Trinajstić information content (AvgIpc) is 2.39. The number of pyridine rings is 1. The van der Waals surface area contributed by atoms with E-state index in [9.17, 15) is 9.90 Å². The van der Waals surface area contributed by atoms with Crippen LogP contribution in [0.2, 0.25) is 0 Å². The zero-order valence-corrected chi connectivity index (χ0v) is 11.7. The van der Waals surface area contributed by atoms with Gasteiger partial charge >= 0.3 is 5.97 Å². The number of methoxy groups -OCH3 is 1. The Hall–Kier alpha value is -1.14. The first kappa shape index (κ1) is 13.3. The van der Waals surface area contributed by atoms with E-state index in [0.717, 1.165) is 10.3 Å². The van der Waals surface area contributed by atoms with E-state index in [0.29, 0.717) is 25.9 Å². The van der Waals surface area contributed by atoms with Gasteiger partial charge in [0.2, 0.25) is 0 Å². The number of anilines is 1. The fourth-order valence-electron chi connectivity index (χ4n) is 2.09. The molecule has 18 heavy (non-hydrogen) atoms. The first-order valence-corrected chi connectivity index (χ1v) is 6.52. The monoisotopic (exact) mass is 314 g/mol. The van der Waals surface area contributed by atoms with Gasteiger partial charge in [0.25, 0.3) is 0 Å². The van der Waals surface area contributed by atoms with Crippen molar-refractivity contribution in [2.45, 2.75) is 18.4 Å². The van der Waals surface area contributed by atoms with E-state index in [2.05, 4.69) is 25.7 Å². The maximum absolute atomic E-state index is 11.5. The number of ether oxygens (including phenoxy) is 1. The van der Waals surface area contributed by atoms with Gasteiger partial charge < -0.3 is 14.7 Å². The zero-order chi connectivity index (χ0) is 13.2. The standard InChI is InChI=1S/C12H15BrN2O3/c1-18-11(16)12(17)4-7-15(8-5-12)10-9(13)3-2-6-14-10/h2-3,6,17H,4-5,7-8H2,1H3. The van der Waals surface area contributed by atoms with Gasteiger partial charge in [-0.3, -0.25) is 0 Å². The first-order valence-electron chi connectivity index (χ1n) is 5.73. The van der Waals surface area contributed by atoms with Crippen molar-refractivity contribution in [2.24, 2.45) is 0 Å². The van der Waals surface area contributed by atoms with Crippen molar-refractivity contribution >= 4 is 27.7 Å². The maximum atomic E-state index is 11.5. The highest BCUT2D eigenvalue weighted by Gasteiger charge is 2.40. The minimum atomic E-state index is -1.35. The second kappa shape index (κ2) is 5.24. The molecule has 1 N–H and O–H groups in total. The van der Waals surface area contributed by atoms with Gasteiger partial charge in [0, 0.05) is 32.1 Å². The van der Waals surface area contributed by atoms with Crippen LogP contribution in [0.25, 0.3) is 0 Å². The Kier molecular flexibility index (Phi) is 3.87. The normalized spacial score (nSPS) is 18.5. The van der Waals surface area contributed by atoms with Crippen molar-refractivity contribution in [1.82, 2.24) is 4.98 Å². The Morgan fingerprint density at radius 2 is 2.22 bits per heavy atom. The number of aromatic nitrogens is 1. The highest BCUT2D eigenvalue weighted by atomic mass is 79.9. The molecular weight excluding hydrogens is 300 g/mol. The molecule has 0 amide bonds. The Labute approximate surface area is 114 Å². The molecule has 0 atom stereocenters. The molecule has 98 valence electrons. The zero-order valence-electron chi connectivity index (χ0n) is 10.1. The summed E-state index contributed by atoms with van der Waals surface area (Å²) in [5, 5.41) is 10.1. The lowest BCUT2D eigenvalue weighted by Gasteiger charge is -2.36. The molecule has 1 aromatic rings. The van der Waals surface area contributed by atoms with Gasteiger partial charge in [-0.25, -0.2) is 9.78 Å². The summed E-state index contributed by atoms with van der Waals surface area (Å²) in [4.78, 5) is 17.8. The van der Waals surface area contributed by atoms with Gasteiger partial charge in [-0.2, -0.15) is 0 Å². The van der Waals surface area contributed by atoms with Gasteiger partial charge in [0.15, 0.2) is 5.60 Å². The molecule has 5 nitrogen and oxygen atoms in total. The van der Waals surface area contributed by atoms with Crippen LogP contribution in [0.15, 0.2) is 22.8 Å². The molecule has 6 heteroatoms. The number of rotatable bonds is 2. The lowest BCUT2D eigenvalue weighted by atomic mass is 9.91. The molecule has 1 saturated heterocycles. The van der Waals surface area contributed by atoms with E-state index in [-0.39, 0.29) is 0 Å². The fraction of sp³-hybridized carbons (Fsp3) is 0.500. The molecule has 1 fully saturated rings. The maximum Gasteiger partial charge on any atom is 0.337 e. The fourth-order valence-corrected chi connectivity index (χ4v) is 2.60. The van der Waals surface area contributed by atoms with Gasteiger partial charge in [0.1, 0.15) is 5.82 Å². The highest BCUT2D eigenvalue weighted by molar-refractivity contribution is 9.10. The van der Waals surface area contributed by atoms with Crippen LogP contribution in [0.4, 0.5) is 5.82 Å². The molecule has 0 unspecified atom stereocenters. The third-order valence-corrected chi connectivity index (χ3v) is 3.81. The largest absolute Gasteiger partial charge is 0.467 e. The molecule has 2 rings (SSSR count). The van der Waals surface area contributed by atoms with Crippen LogP contribution in [0.5, 0.6) is 0 Å². The number of nitrogens with zero attached hydrogens (tertiary/aromatic N) is 2. The van der Waals surface area contributed by atoms with Crippen LogP contribution in [0.1, 0.15) is 12.8 Å². The van der Waals surface area contributed by atoms with Gasteiger partial charge in [0.05, 0.1) is 11.6 Å². The average molecular weight is 315 g/mol. The quantitative estimate of drug-likeness (QED) is 0.835. The Morgan fingerprint density at radius 1 is 1.56 bits per heavy atom. The van der Waals surface area contributed by atoms with E-state index < -0.39 is 11.6 Å². The van der Waals surface area contributed by atoms with E-state index >= 15 is 0 Å². The number of hydrogen-bond donors (Lipinski definition) is 1. The highest BCUT2D eigenvalue weighted by Crippen LogP contribution is 2.30. The van der Waals surface area contributed by atoms with Crippen molar-refractivity contribution in [1.29, 1.82) is 0 Å². The third kappa shape index (κ3) is 2.49. The summed E-state index contributed by atoms with van der Waals surface area (Å²) in [6.45, 7) is 1.14. The minimum absolute atomic E-state index is 0.350. The number of esters is 1. The summed E-state index contributed by atoms with van der Waals surface area (Å²) >= 11 is 3.44. The van der Waals surface area contributed by atoms with E-state index in [1.54, 1.807) is 6.20 Å². The molecule has 1 aliphatic rings. The van der Waals surface area contributed by atoms with Gasteiger partial charge in [-0.15, -0.1) is 0 Å². The number of carbonyl (C=O) groups excluding carboxylic acids is 1. The summed E-state index contributed by atoms with van der Waals surface area (Å²) in [6, 6.07) is 3.77. The molecule has 1 aromatic heterocycles. The van der Waals surface area contributed by atoms with Crippen LogP contribution in [0, 0.1) is 0 Å². The van der Waals surface area contributed by atoms with Crippen molar-refractivity contribution in [3.8, 4) is 0 Å². The summed E-state index contributed by atoms with van der Waals surface area (Å²) in [5.41, 5.74) is -1.35. The van der Waals surface area contributed by atoms with Crippen LogP contribution >= 0.6 is 15.9 Å². The minimum Gasteiger partial charge on any atom is -0.467 e. The van der Waals surface area contributed by atoms with Crippen LogP contribution in [-0.2, 0) is 9.53 Å². The second-order valence-corrected chi connectivity index (χ2v) is 5.17. The van der Waals surface area contributed by atoms with E-state index in [4.69, 9.17) is 0 Å². The third-order valence-electron chi connectivity index (χ3n) is 3.19. The molecule has 0 aliphatic carbocycles. The van der Waals surface area contributed by atoms with Crippen molar-refractivity contribution in [2.75, 3.05) is 25.1 Å². The van der Waals surface area contributed by atoms with Gasteiger partial charge in [-0.05, 0) is 28.1 Å². The Bertz CT molecular complexity index is 445. The van der Waals surface area contributed by atoms with Gasteiger partial charge in [-0.1, -0.05) is 0 Å².